The van der Waals surface area contributed by atoms with E-state index in [2.05, 4.69) is 0 Å². The molecule has 0 fully saturated rings. The van der Waals surface area contributed by atoms with Gasteiger partial charge in [-0.25, -0.2) is 0 Å². The Morgan fingerprint density at radius 1 is 0.947 bits per heavy atom. The fourth-order valence-electron chi connectivity index (χ4n) is 1.95. The first-order valence-corrected chi connectivity index (χ1v) is 6.34. The number of ketones is 1. The van der Waals surface area contributed by atoms with Crippen LogP contribution in [-0.4, -0.2) is 5.78 Å². The predicted molar refractivity (Wildman–Crippen MR) is 76.5 cm³/mol. The highest BCUT2D eigenvalue weighted by Crippen LogP contribution is 2.27. The zero-order chi connectivity index (χ0) is 13.9. The highest BCUT2D eigenvalue weighted by atomic mass is 16.5. The van der Waals surface area contributed by atoms with Crippen molar-refractivity contribution in [2.75, 3.05) is 0 Å². The van der Waals surface area contributed by atoms with Crippen LogP contribution in [0.4, 0.5) is 0 Å². The Labute approximate surface area is 114 Å². The van der Waals surface area contributed by atoms with E-state index in [1.165, 1.54) is 0 Å². The number of carbonyl (C=O) groups is 1. The number of carbonyl (C=O) groups excluding carboxylic acids is 1. The minimum Gasteiger partial charge on any atom is -0.483 e. The minimum absolute atomic E-state index is 0.0638. The second-order valence-electron chi connectivity index (χ2n) is 5.06. The Balaban J connectivity index is 2.18. The van der Waals surface area contributed by atoms with Gasteiger partial charge in [0.15, 0.2) is 5.78 Å². The average molecular weight is 254 g/mol. The van der Waals surface area contributed by atoms with Crippen LogP contribution in [-0.2, 0) is 5.60 Å². The maximum Gasteiger partial charge on any atom is 0.159 e. The molecular formula is C17H18O2. The summed E-state index contributed by atoms with van der Waals surface area (Å²) in [6.45, 7) is 5.62. The van der Waals surface area contributed by atoms with Gasteiger partial charge in [0.05, 0.1) is 0 Å². The van der Waals surface area contributed by atoms with Gasteiger partial charge >= 0.3 is 0 Å². The second kappa shape index (κ2) is 5.27. The molecule has 19 heavy (non-hydrogen) atoms. The van der Waals surface area contributed by atoms with E-state index in [4.69, 9.17) is 4.74 Å². The Morgan fingerprint density at radius 2 is 1.53 bits per heavy atom. The summed E-state index contributed by atoms with van der Waals surface area (Å²) >= 11 is 0. The number of benzene rings is 2. The predicted octanol–water partition coefficient (Wildman–Crippen LogP) is 4.20. The third-order valence-electron chi connectivity index (χ3n) is 3.10. The molecule has 2 heteroatoms. The summed E-state index contributed by atoms with van der Waals surface area (Å²) < 4.78 is 6.01. The van der Waals surface area contributed by atoms with E-state index in [1.54, 1.807) is 19.1 Å². The molecule has 2 nitrogen and oxygen atoms in total. The Morgan fingerprint density at radius 3 is 2.05 bits per heavy atom. The summed E-state index contributed by atoms with van der Waals surface area (Å²) in [5, 5.41) is 0. The van der Waals surface area contributed by atoms with Crippen LogP contribution in [0.5, 0.6) is 5.75 Å². The van der Waals surface area contributed by atoms with Crippen LogP contribution in [0.2, 0.25) is 0 Å². The molecule has 0 radical (unpaired) electrons. The van der Waals surface area contributed by atoms with Crippen LogP contribution >= 0.6 is 0 Å². The van der Waals surface area contributed by atoms with Gasteiger partial charge < -0.3 is 4.74 Å². The lowest BCUT2D eigenvalue weighted by Gasteiger charge is -2.27. The molecule has 2 aromatic carbocycles. The first-order chi connectivity index (χ1) is 8.99. The van der Waals surface area contributed by atoms with Gasteiger partial charge in [-0.15, -0.1) is 0 Å². The van der Waals surface area contributed by atoms with Gasteiger partial charge in [-0.1, -0.05) is 30.3 Å². The van der Waals surface area contributed by atoms with Gasteiger partial charge in [0.1, 0.15) is 11.4 Å². The van der Waals surface area contributed by atoms with Crippen LogP contribution < -0.4 is 4.74 Å². The highest BCUT2D eigenvalue weighted by molar-refractivity contribution is 5.94. The van der Waals surface area contributed by atoms with Gasteiger partial charge in [0.2, 0.25) is 0 Å². The Hall–Kier alpha value is -2.09. The van der Waals surface area contributed by atoms with Crippen molar-refractivity contribution < 1.29 is 9.53 Å². The average Bonchev–Trinajstić information content (AvgIpc) is 2.40. The van der Waals surface area contributed by atoms with Crippen LogP contribution in [0.3, 0.4) is 0 Å². The van der Waals surface area contributed by atoms with Crippen LogP contribution in [0.1, 0.15) is 36.7 Å². The fourth-order valence-corrected chi connectivity index (χ4v) is 1.95. The molecule has 0 bridgehead atoms. The van der Waals surface area contributed by atoms with Crippen molar-refractivity contribution in [3.8, 4) is 5.75 Å². The molecule has 0 saturated carbocycles. The van der Waals surface area contributed by atoms with Gasteiger partial charge in [-0.2, -0.15) is 0 Å². The maximum absolute atomic E-state index is 11.2. The molecule has 0 saturated heterocycles. The Bertz CT molecular complexity index is 554. The van der Waals surface area contributed by atoms with Crippen LogP contribution in [0.15, 0.2) is 54.6 Å². The number of Topliss-reactive ketones (excluding diaryl/α,β-unsaturated/α-hetero) is 1. The van der Waals surface area contributed by atoms with E-state index >= 15 is 0 Å². The largest absolute Gasteiger partial charge is 0.483 e. The monoisotopic (exact) mass is 254 g/mol. The zero-order valence-corrected chi connectivity index (χ0v) is 11.5. The van der Waals surface area contributed by atoms with Crippen molar-refractivity contribution in [2.24, 2.45) is 0 Å². The molecule has 2 aromatic rings. The molecule has 0 unspecified atom stereocenters. The van der Waals surface area contributed by atoms with E-state index in [-0.39, 0.29) is 5.78 Å². The molecule has 0 N–H and O–H groups in total. The third kappa shape index (κ3) is 3.22. The summed E-state index contributed by atoms with van der Waals surface area (Å²) in [7, 11) is 0. The molecule has 0 heterocycles. The second-order valence-corrected chi connectivity index (χ2v) is 5.06. The highest BCUT2D eigenvalue weighted by Gasteiger charge is 2.22. The van der Waals surface area contributed by atoms with E-state index in [0.717, 1.165) is 11.3 Å². The fraction of sp³-hybridized carbons (Fsp3) is 0.235. The van der Waals surface area contributed by atoms with E-state index in [0.29, 0.717) is 5.56 Å². The first-order valence-electron chi connectivity index (χ1n) is 6.34. The van der Waals surface area contributed by atoms with Crippen molar-refractivity contribution in [1.82, 2.24) is 0 Å². The number of hydrogen-bond donors (Lipinski definition) is 0. The molecule has 0 aliphatic carbocycles. The first kappa shape index (κ1) is 13.3. The van der Waals surface area contributed by atoms with E-state index in [9.17, 15) is 4.79 Å². The summed E-state index contributed by atoms with van der Waals surface area (Å²) in [4.78, 5) is 11.2. The number of ether oxygens (including phenoxy) is 1. The van der Waals surface area contributed by atoms with Crippen LogP contribution in [0, 0.1) is 0 Å². The molecule has 0 aliphatic heterocycles. The minimum atomic E-state index is -0.404. The summed E-state index contributed by atoms with van der Waals surface area (Å²) in [6, 6.07) is 17.3. The molecule has 0 spiro atoms. The van der Waals surface area contributed by atoms with Crippen molar-refractivity contribution in [3.05, 3.63) is 65.7 Å². The topological polar surface area (TPSA) is 26.3 Å². The van der Waals surface area contributed by atoms with E-state index < -0.39 is 5.60 Å². The summed E-state index contributed by atoms with van der Waals surface area (Å²) in [5.41, 5.74) is 1.41. The van der Waals surface area contributed by atoms with Crippen molar-refractivity contribution in [1.29, 1.82) is 0 Å². The molecule has 0 aromatic heterocycles. The smallest absolute Gasteiger partial charge is 0.159 e. The molecule has 0 atom stereocenters. The third-order valence-corrected chi connectivity index (χ3v) is 3.10. The van der Waals surface area contributed by atoms with Crippen molar-refractivity contribution >= 4 is 5.78 Å². The zero-order valence-electron chi connectivity index (χ0n) is 11.5. The number of hydrogen-bond acceptors (Lipinski definition) is 2. The van der Waals surface area contributed by atoms with Crippen molar-refractivity contribution in [3.63, 3.8) is 0 Å². The summed E-state index contributed by atoms with van der Waals surface area (Å²) in [6.07, 6.45) is 0. The lowest BCUT2D eigenvalue weighted by atomic mass is 9.98. The van der Waals surface area contributed by atoms with Gasteiger partial charge in [-0.3, -0.25) is 4.79 Å². The van der Waals surface area contributed by atoms with E-state index in [1.807, 2.05) is 56.3 Å². The van der Waals surface area contributed by atoms with Crippen LogP contribution in [0.25, 0.3) is 0 Å². The Kier molecular flexibility index (Phi) is 3.70. The lowest BCUT2D eigenvalue weighted by Crippen LogP contribution is -2.25. The molecule has 98 valence electrons. The normalized spacial score (nSPS) is 11.1. The quantitative estimate of drug-likeness (QED) is 0.764. The molecule has 0 amide bonds. The molecule has 2 rings (SSSR count). The number of rotatable bonds is 4. The van der Waals surface area contributed by atoms with Gasteiger partial charge in [0, 0.05) is 5.56 Å². The molecule has 0 aliphatic rings. The maximum atomic E-state index is 11.2. The lowest BCUT2D eigenvalue weighted by molar-refractivity contribution is 0.101. The molecular weight excluding hydrogens is 236 g/mol. The van der Waals surface area contributed by atoms with Gasteiger partial charge in [0.25, 0.3) is 0 Å². The van der Waals surface area contributed by atoms with Crippen molar-refractivity contribution in [2.45, 2.75) is 26.4 Å². The summed E-state index contributed by atoms with van der Waals surface area (Å²) in [5.74, 6) is 0.827. The SMILES string of the molecule is CC(=O)c1ccc(OC(C)(C)c2ccccc2)cc1. The van der Waals surface area contributed by atoms with Gasteiger partial charge in [-0.05, 0) is 50.6 Å². The standard InChI is InChI=1S/C17H18O2/c1-13(18)14-9-11-16(12-10-14)19-17(2,3)15-7-5-4-6-8-15/h4-12H,1-3H3.